The Hall–Kier alpha value is -8.28. The Morgan fingerprint density at radius 1 is 0.557 bits per heavy atom. The summed E-state index contributed by atoms with van der Waals surface area (Å²) in [4.78, 5) is 90.5. The zero-order chi connectivity index (χ0) is 70.2. The normalized spacial score (nSPS) is 20.4. The number of benzene rings is 4. The highest BCUT2D eigenvalue weighted by Crippen LogP contribution is 2.51. The van der Waals surface area contributed by atoms with Gasteiger partial charge in [-0.2, -0.15) is 9.84 Å². The number of hydrogen-bond donors (Lipinski definition) is 2. The second-order valence-corrected chi connectivity index (χ2v) is 32.0. The maximum absolute atomic E-state index is 14.0. The van der Waals surface area contributed by atoms with E-state index in [9.17, 15) is 44.2 Å². The zero-order valence-electron chi connectivity index (χ0n) is 57.4. The first-order chi connectivity index (χ1) is 45.8. The topological polar surface area (TPSA) is 186 Å². The molecule has 0 saturated carbocycles. The number of nitriles is 1. The summed E-state index contributed by atoms with van der Waals surface area (Å²) in [7, 11) is 0. The van der Waals surface area contributed by atoms with Crippen LogP contribution in [0, 0.1) is 23.2 Å². The summed E-state index contributed by atoms with van der Waals surface area (Å²) < 4.78 is 2.56. The Labute approximate surface area is 589 Å². The molecule has 0 unspecified atom stereocenters. The smallest absolute Gasteiger partial charge is 0.309 e. The molecule has 10 rings (SSSR count). The predicted molar refractivity (Wildman–Crippen MR) is 398 cm³/mol. The number of thioether (sulfide) groups is 2. The number of thiocarbonyl (C=S) groups is 2. The van der Waals surface area contributed by atoms with Crippen molar-refractivity contribution in [3.63, 3.8) is 0 Å². The summed E-state index contributed by atoms with van der Waals surface area (Å²) in [6.07, 6.45) is 16.4. The molecule has 19 heteroatoms. The number of amides is 2. The third-order valence-corrected chi connectivity index (χ3v) is 22.2. The fourth-order valence-electron chi connectivity index (χ4n) is 14.1. The van der Waals surface area contributed by atoms with Crippen LogP contribution < -0.4 is 14.7 Å². The average Bonchev–Trinajstić information content (AvgIpc) is 1.62. The molecule has 504 valence electrons. The van der Waals surface area contributed by atoms with Crippen molar-refractivity contribution in [2.45, 2.75) is 143 Å². The van der Waals surface area contributed by atoms with Gasteiger partial charge in [0.1, 0.15) is 15.1 Å². The van der Waals surface area contributed by atoms with E-state index in [1.165, 1.54) is 44.5 Å². The van der Waals surface area contributed by atoms with Gasteiger partial charge in [0, 0.05) is 101 Å². The molecule has 0 atom stereocenters. The fraction of sp³-hybridized carbons (Fsp3) is 0.385. The summed E-state index contributed by atoms with van der Waals surface area (Å²) in [5.74, 6) is -2.00. The van der Waals surface area contributed by atoms with Crippen molar-refractivity contribution in [2.24, 2.45) is 11.8 Å². The Balaban J connectivity index is 0.829. The Morgan fingerprint density at radius 2 is 1.00 bits per heavy atom. The monoisotopic (exact) mass is 1380 g/mol. The Morgan fingerprint density at radius 3 is 1.48 bits per heavy atom. The third kappa shape index (κ3) is 14.7. The molecule has 0 aromatic heterocycles. The molecule has 6 aliphatic heterocycles. The number of carboxylic acids is 2. The van der Waals surface area contributed by atoms with Crippen molar-refractivity contribution >= 4 is 120 Å². The number of para-hydroxylation sites is 2. The van der Waals surface area contributed by atoms with Gasteiger partial charge >= 0.3 is 11.9 Å². The van der Waals surface area contributed by atoms with Gasteiger partial charge < -0.3 is 24.9 Å². The van der Waals surface area contributed by atoms with E-state index in [1.54, 1.807) is 12.2 Å². The number of Topliss-reactive ketones (excluding diaryl/α,β-unsaturated/α-hetero) is 2. The molecule has 2 amide bonds. The Kier molecular flexibility index (Phi) is 21.1. The molecule has 2 fully saturated rings. The minimum Gasteiger partial charge on any atom is -0.481 e. The third-order valence-electron chi connectivity index (χ3n) is 19.4. The van der Waals surface area contributed by atoms with E-state index in [0.717, 1.165) is 82.6 Å². The van der Waals surface area contributed by atoms with Gasteiger partial charge in [-0.05, 0) is 133 Å². The van der Waals surface area contributed by atoms with E-state index in [0.29, 0.717) is 41.4 Å². The number of fused-ring (bicyclic) bond motifs is 4. The average molecular weight is 1380 g/mol. The van der Waals surface area contributed by atoms with Gasteiger partial charge in [0.25, 0.3) is 11.8 Å². The molecule has 6 heterocycles. The van der Waals surface area contributed by atoms with Crippen LogP contribution in [0.15, 0.2) is 166 Å². The Bertz CT molecular complexity index is 4280. The van der Waals surface area contributed by atoms with Crippen LogP contribution in [0.4, 0.5) is 22.7 Å². The first-order valence-corrected chi connectivity index (χ1v) is 35.6. The highest BCUT2D eigenvalue weighted by Gasteiger charge is 2.47. The van der Waals surface area contributed by atoms with Crippen LogP contribution in [0.2, 0.25) is 0 Å². The number of carboxylic acid groups (broad SMARTS) is 2. The number of carbonyl (C=O) groups excluding carboxylic acids is 4. The second kappa shape index (κ2) is 28.7. The molecule has 2 N–H and O–H groups in total. The van der Waals surface area contributed by atoms with E-state index >= 15 is 0 Å². The van der Waals surface area contributed by atoms with E-state index in [2.05, 4.69) is 120 Å². The van der Waals surface area contributed by atoms with Crippen LogP contribution >= 0.6 is 48.0 Å². The lowest BCUT2D eigenvalue weighted by Gasteiger charge is -2.27. The number of hydrogen-bond acceptors (Lipinski definition) is 14. The molecule has 0 bridgehead atoms. The molecule has 0 aliphatic carbocycles. The van der Waals surface area contributed by atoms with E-state index in [-0.39, 0.29) is 91.6 Å². The van der Waals surface area contributed by atoms with E-state index < -0.39 is 22.8 Å². The van der Waals surface area contributed by atoms with Crippen molar-refractivity contribution in [3.05, 3.63) is 199 Å². The summed E-state index contributed by atoms with van der Waals surface area (Å²) in [6.45, 7) is 27.2. The lowest BCUT2D eigenvalue weighted by molar-refractivity contribution is -0.436. The van der Waals surface area contributed by atoms with E-state index in [1.807, 2.05) is 110 Å². The maximum atomic E-state index is 14.0. The summed E-state index contributed by atoms with van der Waals surface area (Å²) in [5, 5.41) is 30.5. The van der Waals surface area contributed by atoms with Crippen LogP contribution in [0.25, 0.3) is 0 Å². The minimum atomic E-state index is -0.982. The second-order valence-electron chi connectivity index (χ2n) is 28.6. The lowest BCUT2D eigenvalue weighted by Crippen LogP contribution is -2.34. The van der Waals surface area contributed by atoms with E-state index in [4.69, 9.17) is 24.4 Å². The molecule has 4 aromatic rings. The molecule has 4 aromatic carbocycles. The highest BCUT2D eigenvalue weighted by molar-refractivity contribution is 8.27. The van der Waals surface area contributed by atoms with Gasteiger partial charge in [0.15, 0.2) is 23.8 Å². The molecule has 6 aliphatic rings. The van der Waals surface area contributed by atoms with Crippen molar-refractivity contribution in [1.82, 2.24) is 9.80 Å². The molecule has 0 radical (unpaired) electrons. The minimum absolute atomic E-state index is 0.0153. The fourth-order valence-corrected chi connectivity index (χ4v) is 16.5. The standard InChI is InChI=1S/C78H85N7O8S4/c1-48(2)33-37-80-59-19-15-13-17-55(59)75(5,6)67(80)31-27-63-71(92)84(73(94)96-63)46-53(86)41-51-21-25-61-57(43-51)77(9,10)65(82(61)39-35-69(88)89)29-23-50(45-79)24-30-66-78(11,12)58-44-52(22-26-62(58)83(66)40-36-70(90)91)42-54(87)47-85-72(93)64(97-74(85)95)28-32-68-76(7,8)56-18-14-16-20-60(56)81(68)38-34-49(3)4/h13-32,43-44,48-49H,33-42,46-47H2,1-12H3,(H-,88,89,90,91)/p+1/b63-27+,64-28+,67-31-,68-32-. The van der Waals surface area contributed by atoms with Gasteiger partial charge in [-0.3, -0.25) is 38.6 Å². The molecule has 2 saturated heterocycles. The van der Waals surface area contributed by atoms with Crippen LogP contribution in [-0.4, -0.2) is 114 Å². The molecule has 15 nitrogen and oxygen atoms in total. The van der Waals surface area contributed by atoms with Crippen LogP contribution in [0.3, 0.4) is 0 Å². The van der Waals surface area contributed by atoms with Gasteiger partial charge in [0.2, 0.25) is 5.69 Å². The molecular weight excluding hydrogens is 1290 g/mol. The largest absolute Gasteiger partial charge is 0.481 e. The molecular formula is C78H86N7O8S4+. The van der Waals surface area contributed by atoms with Gasteiger partial charge in [-0.1, -0.05) is 172 Å². The first-order valence-electron chi connectivity index (χ1n) is 33.2. The van der Waals surface area contributed by atoms with Crippen molar-refractivity contribution in [1.29, 1.82) is 5.26 Å². The number of anilines is 3. The van der Waals surface area contributed by atoms with Gasteiger partial charge in [-0.25, -0.2) is 0 Å². The zero-order valence-corrected chi connectivity index (χ0v) is 60.7. The highest BCUT2D eigenvalue weighted by atomic mass is 32.2. The van der Waals surface area contributed by atoms with Crippen molar-refractivity contribution in [3.8, 4) is 6.07 Å². The molecule has 97 heavy (non-hydrogen) atoms. The number of rotatable bonds is 25. The molecule has 0 spiro atoms. The maximum Gasteiger partial charge on any atom is 0.309 e. The van der Waals surface area contributed by atoms with Gasteiger partial charge in [-0.15, -0.1) is 0 Å². The van der Waals surface area contributed by atoms with Crippen molar-refractivity contribution in [2.75, 3.05) is 54.0 Å². The number of aliphatic carboxylic acids is 2. The van der Waals surface area contributed by atoms with Crippen LogP contribution in [0.1, 0.15) is 142 Å². The van der Waals surface area contributed by atoms with Gasteiger partial charge in [0.05, 0.1) is 46.4 Å². The quantitative estimate of drug-likeness (QED) is 0.0210. The summed E-state index contributed by atoms with van der Waals surface area (Å²) in [5.41, 5.74) is 11.3. The number of nitrogens with zero attached hydrogens (tertiary/aromatic N) is 7. The number of ketones is 2. The number of allylic oxidation sites excluding steroid dienone is 12. The first kappa shape index (κ1) is 71.5. The lowest BCUT2D eigenvalue weighted by atomic mass is 9.80. The summed E-state index contributed by atoms with van der Waals surface area (Å²) >= 11 is 13.8. The summed E-state index contributed by atoms with van der Waals surface area (Å²) in [6, 6.07) is 30.5. The van der Waals surface area contributed by atoms with Crippen LogP contribution in [0.5, 0.6) is 0 Å². The van der Waals surface area contributed by atoms with Crippen LogP contribution in [-0.2, 0) is 63.3 Å². The predicted octanol–water partition coefficient (Wildman–Crippen LogP) is 14.9. The number of carbonyl (C=O) groups is 6. The van der Waals surface area contributed by atoms with Crippen molar-refractivity contribution < 1.29 is 43.6 Å². The SMILES string of the molecule is CC(C)CCN1/C(=C\C=C2\SC(=S)N(CC(=O)Cc3ccc4c(c3)C(C)(C)C(/C=C/C(C#N)=C/C=C3/N(CCC(=O)O)c5ccc(CC(=O)CN6C(=O)/C(=C\C=C7/N(CCC(C)C)c8ccccc8C7(C)C)SC6=S)cc5C3(C)C)=[N+]4CCC(=O)O)C2=O)C(C)(C)c2ccccc21.